The lowest BCUT2D eigenvalue weighted by atomic mass is 10.1. The van der Waals surface area contributed by atoms with E-state index in [1.165, 1.54) is 11.3 Å². The Labute approximate surface area is 172 Å². The number of likely N-dealkylation sites (tertiary alicyclic amines) is 1. The summed E-state index contributed by atoms with van der Waals surface area (Å²) in [6.07, 6.45) is 2.36. The quantitative estimate of drug-likeness (QED) is 0.401. The molecule has 0 radical (unpaired) electrons. The number of hydrogen-bond acceptors (Lipinski definition) is 4. The van der Waals surface area contributed by atoms with Gasteiger partial charge in [0, 0.05) is 50.7 Å². The highest BCUT2D eigenvalue weighted by Crippen LogP contribution is 2.17. The molecule has 2 fully saturated rings. The molecular formula is C18H31IN4OS. The average molecular weight is 478 g/mol. The fraction of sp³-hybridized carbons (Fsp3) is 0.722. The SMILES string of the molecule is CN=C(NCC(C)Cc1cccs1)N1CCC(N2CCOCC2)C1.I. The number of thiophene rings is 1. The Balaban J connectivity index is 0.00000225. The molecule has 0 spiro atoms. The fourth-order valence-corrected chi connectivity index (χ4v) is 4.49. The van der Waals surface area contributed by atoms with E-state index >= 15 is 0 Å². The van der Waals surface area contributed by atoms with Gasteiger partial charge in [0.25, 0.3) is 0 Å². The number of guanidine groups is 1. The Morgan fingerprint density at radius 2 is 2.20 bits per heavy atom. The van der Waals surface area contributed by atoms with Crippen molar-refractivity contribution in [1.29, 1.82) is 0 Å². The number of hydrogen-bond donors (Lipinski definition) is 1. The van der Waals surface area contributed by atoms with Crippen LogP contribution in [0, 0.1) is 5.92 Å². The first kappa shape index (κ1) is 20.9. The second-order valence-electron chi connectivity index (χ2n) is 6.85. The summed E-state index contributed by atoms with van der Waals surface area (Å²) >= 11 is 1.85. The molecule has 7 heteroatoms. The van der Waals surface area contributed by atoms with Gasteiger partial charge in [0.05, 0.1) is 13.2 Å². The molecule has 1 aromatic rings. The minimum Gasteiger partial charge on any atom is -0.379 e. The molecule has 2 atom stereocenters. The molecule has 142 valence electrons. The van der Waals surface area contributed by atoms with Crippen molar-refractivity contribution in [3.8, 4) is 0 Å². The summed E-state index contributed by atoms with van der Waals surface area (Å²) in [5.74, 6) is 1.67. The minimum atomic E-state index is 0. The molecule has 0 bridgehead atoms. The van der Waals surface area contributed by atoms with Crippen LogP contribution in [0.5, 0.6) is 0 Å². The number of aliphatic imine (C=N–C) groups is 1. The van der Waals surface area contributed by atoms with E-state index in [1.807, 2.05) is 18.4 Å². The van der Waals surface area contributed by atoms with Crippen LogP contribution in [0.1, 0.15) is 18.2 Å². The standard InChI is InChI=1S/C18H30N4OS.HI/c1-15(12-17-4-3-11-24-17)13-20-18(19-2)22-6-5-16(14-22)21-7-9-23-10-8-21;/h3-4,11,15-16H,5-10,12-14H2,1-2H3,(H,19,20);1H. The summed E-state index contributed by atoms with van der Waals surface area (Å²) in [7, 11) is 1.90. The zero-order valence-corrected chi connectivity index (χ0v) is 18.5. The van der Waals surface area contributed by atoms with E-state index in [1.54, 1.807) is 0 Å². The monoisotopic (exact) mass is 478 g/mol. The van der Waals surface area contributed by atoms with Gasteiger partial charge in [-0.3, -0.25) is 9.89 Å². The van der Waals surface area contributed by atoms with Gasteiger partial charge in [0.15, 0.2) is 5.96 Å². The predicted molar refractivity (Wildman–Crippen MR) is 116 cm³/mol. The maximum absolute atomic E-state index is 5.47. The van der Waals surface area contributed by atoms with Gasteiger partial charge < -0.3 is 15.0 Å². The Kier molecular flexibility index (Phi) is 8.95. The molecule has 2 saturated heterocycles. The Bertz CT molecular complexity index is 519. The van der Waals surface area contributed by atoms with Crippen LogP contribution in [0.2, 0.25) is 0 Å². The van der Waals surface area contributed by atoms with Crippen molar-refractivity contribution in [1.82, 2.24) is 15.1 Å². The molecule has 2 aliphatic heterocycles. The first-order chi connectivity index (χ1) is 11.8. The normalized spacial score (nSPS) is 23.4. The third kappa shape index (κ3) is 6.08. The number of ether oxygens (including phenoxy) is 1. The smallest absolute Gasteiger partial charge is 0.193 e. The highest BCUT2D eigenvalue weighted by atomic mass is 127. The minimum absolute atomic E-state index is 0. The van der Waals surface area contributed by atoms with E-state index in [9.17, 15) is 0 Å². The summed E-state index contributed by atoms with van der Waals surface area (Å²) in [6, 6.07) is 5.01. The molecule has 2 unspecified atom stereocenters. The molecule has 5 nitrogen and oxygen atoms in total. The predicted octanol–water partition coefficient (Wildman–Crippen LogP) is 2.53. The average Bonchev–Trinajstić information content (AvgIpc) is 3.28. The van der Waals surface area contributed by atoms with Crippen LogP contribution >= 0.6 is 35.3 Å². The molecular weight excluding hydrogens is 447 g/mol. The molecule has 0 amide bonds. The van der Waals surface area contributed by atoms with E-state index in [0.29, 0.717) is 12.0 Å². The molecule has 2 aliphatic rings. The maximum atomic E-state index is 5.47. The van der Waals surface area contributed by atoms with Gasteiger partial charge in [-0.15, -0.1) is 35.3 Å². The fourth-order valence-electron chi connectivity index (χ4n) is 3.62. The van der Waals surface area contributed by atoms with Crippen LogP contribution in [0.3, 0.4) is 0 Å². The molecule has 0 aliphatic carbocycles. The molecule has 25 heavy (non-hydrogen) atoms. The van der Waals surface area contributed by atoms with E-state index in [-0.39, 0.29) is 24.0 Å². The van der Waals surface area contributed by atoms with E-state index in [0.717, 1.165) is 58.3 Å². The molecule has 0 saturated carbocycles. The van der Waals surface area contributed by atoms with Gasteiger partial charge in [-0.1, -0.05) is 13.0 Å². The second-order valence-corrected chi connectivity index (χ2v) is 7.89. The molecule has 1 N–H and O–H groups in total. The Hall–Kier alpha value is -0.380. The highest BCUT2D eigenvalue weighted by molar-refractivity contribution is 14.0. The van der Waals surface area contributed by atoms with E-state index in [2.05, 4.69) is 44.5 Å². The van der Waals surface area contributed by atoms with Crippen LogP contribution in [-0.2, 0) is 11.2 Å². The van der Waals surface area contributed by atoms with Crippen molar-refractivity contribution in [3.63, 3.8) is 0 Å². The number of morpholine rings is 1. The van der Waals surface area contributed by atoms with Gasteiger partial charge >= 0.3 is 0 Å². The first-order valence-corrected chi connectivity index (χ1v) is 9.94. The lowest BCUT2D eigenvalue weighted by Crippen LogP contribution is -2.47. The van der Waals surface area contributed by atoms with Gasteiger partial charge in [0.2, 0.25) is 0 Å². The lowest BCUT2D eigenvalue weighted by molar-refractivity contribution is 0.0195. The van der Waals surface area contributed by atoms with Crippen molar-refractivity contribution in [2.24, 2.45) is 10.9 Å². The largest absolute Gasteiger partial charge is 0.379 e. The molecule has 0 aromatic carbocycles. The zero-order chi connectivity index (χ0) is 16.8. The first-order valence-electron chi connectivity index (χ1n) is 9.06. The number of nitrogens with zero attached hydrogens (tertiary/aromatic N) is 3. The topological polar surface area (TPSA) is 40.1 Å². The third-order valence-corrected chi connectivity index (χ3v) is 5.87. The van der Waals surface area contributed by atoms with E-state index in [4.69, 9.17) is 4.74 Å². The Morgan fingerprint density at radius 1 is 1.40 bits per heavy atom. The molecule has 3 rings (SSSR count). The van der Waals surface area contributed by atoms with Crippen LogP contribution in [-0.4, -0.2) is 74.8 Å². The van der Waals surface area contributed by atoms with E-state index < -0.39 is 0 Å². The van der Waals surface area contributed by atoms with Gasteiger partial charge in [-0.2, -0.15) is 0 Å². The van der Waals surface area contributed by atoms with Crippen molar-refractivity contribution in [2.45, 2.75) is 25.8 Å². The summed E-state index contributed by atoms with van der Waals surface area (Å²) < 4.78 is 5.47. The molecule has 3 heterocycles. The number of nitrogens with one attached hydrogen (secondary N) is 1. The van der Waals surface area contributed by atoms with Gasteiger partial charge in [0.1, 0.15) is 0 Å². The number of halogens is 1. The summed E-state index contributed by atoms with van der Waals surface area (Å²) in [5, 5.41) is 5.74. The van der Waals surface area contributed by atoms with Gasteiger partial charge in [-0.05, 0) is 30.2 Å². The van der Waals surface area contributed by atoms with Crippen LogP contribution in [0.25, 0.3) is 0 Å². The van der Waals surface area contributed by atoms with Gasteiger partial charge in [-0.25, -0.2) is 0 Å². The zero-order valence-electron chi connectivity index (χ0n) is 15.3. The second kappa shape index (κ2) is 10.7. The Morgan fingerprint density at radius 3 is 2.88 bits per heavy atom. The third-order valence-electron chi connectivity index (χ3n) is 4.98. The maximum Gasteiger partial charge on any atom is 0.193 e. The molecule has 1 aromatic heterocycles. The summed E-state index contributed by atoms with van der Waals surface area (Å²) in [4.78, 5) is 11.0. The summed E-state index contributed by atoms with van der Waals surface area (Å²) in [5.41, 5.74) is 0. The van der Waals surface area contributed by atoms with Crippen molar-refractivity contribution < 1.29 is 4.74 Å². The lowest BCUT2D eigenvalue weighted by Gasteiger charge is -2.32. The van der Waals surface area contributed by atoms with Crippen LogP contribution in [0.4, 0.5) is 0 Å². The van der Waals surface area contributed by atoms with Crippen LogP contribution < -0.4 is 5.32 Å². The summed E-state index contributed by atoms with van der Waals surface area (Å²) in [6.45, 7) is 9.36. The highest BCUT2D eigenvalue weighted by Gasteiger charge is 2.30. The van der Waals surface area contributed by atoms with Crippen molar-refractivity contribution in [2.75, 3.05) is 53.0 Å². The number of rotatable bonds is 5. The van der Waals surface area contributed by atoms with Crippen molar-refractivity contribution in [3.05, 3.63) is 22.4 Å². The van der Waals surface area contributed by atoms with Crippen molar-refractivity contribution >= 4 is 41.3 Å². The van der Waals surface area contributed by atoms with Crippen LogP contribution in [0.15, 0.2) is 22.5 Å².